The zero-order valence-corrected chi connectivity index (χ0v) is 13.5. The first-order valence-electron chi connectivity index (χ1n) is 7.77. The molecule has 1 aromatic carbocycles. The summed E-state index contributed by atoms with van der Waals surface area (Å²) in [6, 6.07) is 4.01. The van der Waals surface area contributed by atoms with Gasteiger partial charge in [0, 0.05) is 24.6 Å². The summed E-state index contributed by atoms with van der Waals surface area (Å²) >= 11 is 5.73. The smallest absolute Gasteiger partial charge is 0.405 e. The number of carbonyl (C=O) groups is 2. The lowest BCUT2D eigenvalue weighted by Crippen LogP contribution is -2.83. The third-order valence-electron chi connectivity index (χ3n) is 5.27. The van der Waals surface area contributed by atoms with Crippen molar-refractivity contribution >= 4 is 23.6 Å². The van der Waals surface area contributed by atoms with Crippen molar-refractivity contribution in [1.82, 2.24) is 10.2 Å². The van der Waals surface area contributed by atoms with Gasteiger partial charge in [-0.2, -0.15) is 0 Å². The lowest BCUT2D eigenvalue weighted by molar-refractivity contribution is -0.183. The number of nitrogens with one attached hydrogen (secondary N) is 1. The molecule has 1 saturated heterocycles. The van der Waals surface area contributed by atoms with E-state index in [0.29, 0.717) is 38.0 Å². The summed E-state index contributed by atoms with van der Waals surface area (Å²) in [5, 5.41) is 11.3. The minimum absolute atomic E-state index is 0.0455. The maximum atomic E-state index is 13.2. The average molecular weight is 355 g/mol. The van der Waals surface area contributed by atoms with Crippen LogP contribution in [0.2, 0.25) is 5.02 Å². The number of ether oxygens (including phenoxy) is 1. The van der Waals surface area contributed by atoms with Crippen LogP contribution in [-0.4, -0.2) is 45.7 Å². The number of carbonyl (C=O) groups excluding carboxylic acids is 1. The predicted molar refractivity (Wildman–Crippen MR) is 82.6 cm³/mol. The van der Waals surface area contributed by atoms with E-state index in [1.807, 2.05) is 4.90 Å². The molecule has 4 fully saturated rings. The molecule has 0 aromatic heterocycles. The summed E-state index contributed by atoms with van der Waals surface area (Å²) < 4.78 is 18.9. The van der Waals surface area contributed by atoms with E-state index in [9.17, 15) is 14.0 Å². The van der Waals surface area contributed by atoms with Crippen LogP contribution < -0.4 is 10.1 Å². The summed E-state index contributed by atoms with van der Waals surface area (Å²) in [5.41, 5.74) is -0.576. The lowest BCUT2D eigenvalue weighted by Gasteiger charge is -2.72. The first-order valence-corrected chi connectivity index (χ1v) is 8.15. The molecule has 6 nitrogen and oxygen atoms in total. The van der Waals surface area contributed by atoms with E-state index < -0.39 is 18.0 Å². The monoisotopic (exact) mass is 354 g/mol. The molecule has 1 aliphatic heterocycles. The Kier molecular flexibility index (Phi) is 3.22. The van der Waals surface area contributed by atoms with Crippen molar-refractivity contribution in [2.24, 2.45) is 0 Å². The summed E-state index contributed by atoms with van der Waals surface area (Å²) in [7, 11) is 0. The number of hydrogen-bond donors (Lipinski definition) is 2. The fourth-order valence-corrected chi connectivity index (χ4v) is 4.50. The number of hydrogen-bond acceptors (Lipinski definition) is 3. The number of rotatable bonds is 4. The highest BCUT2D eigenvalue weighted by Gasteiger charge is 2.72. The van der Waals surface area contributed by atoms with Crippen molar-refractivity contribution in [2.45, 2.75) is 42.9 Å². The van der Waals surface area contributed by atoms with Gasteiger partial charge in [-0.05, 0) is 31.4 Å². The van der Waals surface area contributed by atoms with Crippen LogP contribution in [0.5, 0.6) is 5.75 Å². The Bertz CT molecular complexity index is 721. The highest BCUT2D eigenvalue weighted by atomic mass is 35.5. The number of benzene rings is 1. The van der Waals surface area contributed by atoms with E-state index in [0.717, 1.165) is 0 Å². The number of carboxylic acid groups (broad SMARTS) is 1. The molecule has 4 aliphatic rings. The SMILES string of the molecule is O=C(O)NC12CC(N3CCC(Oc4ccc(F)c(Cl)c4)C3=O)(C1)C2. The molecule has 2 amide bonds. The van der Waals surface area contributed by atoms with E-state index >= 15 is 0 Å². The molecule has 0 radical (unpaired) electrons. The number of nitrogens with zero attached hydrogens (tertiary/aromatic N) is 1. The molecule has 8 heteroatoms. The minimum Gasteiger partial charge on any atom is -0.480 e. The van der Waals surface area contributed by atoms with Gasteiger partial charge >= 0.3 is 6.09 Å². The van der Waals surface area contributed by atoms with Crippen LogP contribution >= 0.6 is 11.6 Å². The quantitative estimate of drug-likeness (QED) is 0.870. The molecule has 0 spiro atoms. The van der Waals surface area contributed by atoms with Gasteiger partial charge < -0.3 is 20.1 Å². The normalized spacial score (nSPS) is 33.7. The summed E-state index contributed by atoms with van der Waals surface area (Å²) in [6.07, 6.45) is 0.900. The average Bonchev–Trinajstić information content (AvgIpc) is 2.78. The van der Waals surface area contributed by atoms with Crippen LogP contribution in [0.1, 0.15) is 25.7 Å². The van der Waals surface area contributed by atoms with Crippen LogP contribution in [0, 0.1) is 5.82 Å². The molecular formula is C16H16ClFN2O4. The van der Waals surface area contributed by atoms with Gasteiger partial charge in [-0.1, -0.05) is 11.6 Å². The molecule has 5 rings (SSSR count). The van der Waals surface area contributed by atoms with E-state index in [1.54, 1.807) is 0 Å². The molecule has 3 aliphatic carbocycles. The fourth-order valence-electron chi connectivity index (χ4n) is 4.33. The lowest BCUT2D eigenvalue weighted by atomic mass is 9.43. The van der Waals surface area contributed by atoms with E-state index in [4.69, 9.17) is 21.4 Å². The van der Waals surface area contributed by atoms with Crippen molar-refractivity contribution in [3.63, 3.8) is 0 Å². The Labute approximate surface area is 142 Å². The first-order chi connectivity index (χ1) is 11.3. The van der Waals surface area contributed by atoms with Gasteiger partial charge in [0.25, 0.3) is 5.91 Å². The van der Waals surface area contributed by atoms with Crippen molar-refractivity contribution < 1.29 is 23.8 Å². The van der Waals surface area contributed by atoms with Gasteiger partial charge in [0.1, 0.15) is 11.6 Å². The Hall–Kier alpha value is -2.02. The van der Waals surface area contributed by atoms with Crippen LogP contribution in [0.4, 0.5) is 9.18 Å². The third kappa shape index (κ3) is 2.22. The number of halogens is 2. The van der Waals surface area contributed by atoms with Gasteiger partial charge in [0.2, 0.25) is 0 Å². The molecule has 1 heterocycles. The zero-order valence-electron chi connectivity index (χ0n) is 12.7. The van der Waals surface area contributed by atoms with Crippen molar-refractivity contribution in [3.8, 4) is 5.75 Å². The number of likely N-dealkylation sites (tertiary alicyclic amines) is 1. The van der Waals surface area contributed by atoms with E-state index in [-0.39, 0.29) is 22.0 Å². The highest BCUT2D eigenvalue weighted by Crippen LogP contribution is 2.64. The Morgan fingerprint density at radius 2 is 2.12 bits per heavy atom. The van der Waals surface area contributed by atoms with Crippen LogP contribution in [0.15, 0.2) is 18.2 Å². The fraction of sp³-hybridized carbons (Fsp3) is 0.500. The second-order valence-electron chi connectivity index (χ2n) is 6.93. The standard InChI is InChI=1S/C16H16ClFN2O4/c17-10-5-9(1-2-11(10)18)24-12-3-4-20(13(12)21)16-6-15(7-16,8-16)19-14(22)23/h1-2,5,12,19H,3-4,6-8H2,(H,22,23). The van der Waals surface area contributed by atoms with Crippen LogP contribution in [0.25, 0.3) is 0 Å². The second-order valence-corrected chi connectivity index (χ2v) is 7.33. The number of amides is 2. The predicted octanol–water partition coefficient (Wildman–Crippen LogP) is 2.40. The Balaban J connectivity index is 1.39. The first kappa shape index (κ1) is 15.5. The van der Waals surface area contributed by atoms with Gasteiger partial charge in [-0.3, -0.25) is 4.79 Å². The summed E-state index contributed by atoms with van der Waals surface area (Å²) in [5.74, 6) is -0.268. The Morgan fingerprint density at radius 3 is 2.75 bits per heavy atom. The van der Waals surface area contributed by atoms with Crippen LogP contribution in [-0.2, 0) is 4.79 Å². The maximum Gasteiger partial charge on any atom is 0.405 e. The molecule has 1 unspecified atom stereocenters. The summed E-state index contributed by atoms with van der Waals surface area (Å²) in [6.45, 7) is 0.585. The molecule has 2 N–H and O–H groups in total. The van der Waals surface area contributed by atoms with E-state index in [2.05, 4.69) is 5.32 Å². The molecular weight excluding hydrogens is 339 g/mol. The largest absolute Gasteiger partial charge is 0.480 e. The van der Waals surface area contributed by atoms with E-state index in [1.165, 1.54) is 18.2 Å². The molecule has 1 atom stereocenters. The van der Waals surface area contributed by atoms with Crippen LogP contribution in [0.3, 0.4) is 0 Å². The van der Waals surface area contributed by atoms with Gasteiger partial charge in [0.15, 0.2) is 6.10 Å². The van der Waals surface area contributed by atoms with Crippen molar-refractivity contribution in [3.05, 3.63) is 29.0 Å². The topological polar surface area (TPSA) is 78.9 Å². The van der Waals surface area contributed by atoms with Crippen molar-refractivity contribution in [2.75, 3.05) is 6.54 Å². The van der Waals surface area contributed by atoms with Gasteiger partial charge in [-0.25, -0.2) is 9.18 Å². The maximum absolute atomic E-state index is 13.2. The van der Waals surface area contributed by atoms with Gasteiger partial charge in [-0.15, -0.1) is 0 Å². The van der Waals surface area contributed by atoms with Crippen molar-refractivity contribution in [1.29, 1.82) is 0 Å². The molecule has 24 heavy (non-hydrogen) atoms. The Morgan fingerprint density at radius 1 is 1.42 bits per heavy atom. The molecule has 3 saturated carbocycles. The minimum atomic E-state index is -1.02. The molecule has 128 valence electrons. The molecule has 1 aromatic rings. The third-order valence-corrected chi connectivity index (χ3v) is 5.56. The zero-order chi connectivity index (χ0) is 17.1. The highest BCUT2D eigenvalue weighted by molar-refractivity contribution is 6.30. The summed E-state index contributed by atoms with van der Waals surface area (Å²) in [4.78, 5) is 25.2. The van der Waals surface area contributed by atoms with Gasteiger partial charge in [0.05, 0.1) is 10.6 Å². The second kappa shape index (κ2) is 4.99. The molecule has 2 bridgehead atoms.